The Morgan fingerprint density at radius 1 is 0.694 bits per heavy atom. The van der Waals surface area contributed by atoms with E-state index in [4.69, 9.17) is 23.7 Å². The number of benzene rings is 2. The van der Waals surface area contributed by atoms with Gasteiger partial charge in [-0.25, -0.2) is 4.57 Å². The molecule has 0 aliphatic carbocycles. The lowest BCUT2D eigenvalue weighted by Crippen LogP contribution is -2.32. The molecule has 0 heterocycles. The van der Waals surface area contributed by atoms with Crippen molar-refractivity contribution < 1.29 is 53.5 Å². The zero-order valence-electron chi connectivity index (χ0n) is 20.1. The Morgan fingerprint density at radius 3 is 1.39 bits per heavy atom. The molecule has 0 aliphatic rings. The quantitative estimate of drug-likeness (QED) is 0.126. The molecule has 0 bridgehead atoms. The summed E-state index contributed by atoms with van der Waals surface area (Å²) < 4.78 is 83.0. The van der Waals surface area contributed by atoms with Crippen molar-refractivity contribution in [3.63, 3.8) is 0 Å². The maximum Gasteiger partial charge on any atom is 0.564 e. The van der Waals surface area contributed by atoms with Crippen LogP contribution in [0.25, 0.3) is 0 Å². The molecule has 0 spiro atoms. The van der Waals surface area contributed by atoms with E-state index in [-0.39, 0.29) is 24.6 Å². The van der Waals surface area contributed by atoms with Crippen molar-refractivity contribution in [2.24, 2.45) is 0 Å². The molecule has 16 heteroatoms. The van der Waals surface area contributed by atoms with E-state index >= 15 is 0 Å². The molecule has 0 amide bonds. The van der Waals surface area contributed by atoms with Crippen LogP contribution in [-0.4, -0.2) is 60.7 Å². The molecule has 0 atom stereocenters. The lowest BCUT2D eigenvalue weighted by molar-refractivity contribution is -0.224. The smallest absolute Gasteiger partial charge is 0.327 e. The monoisotopic (exact) mass is 569 g/mol. The van der Waals surface area contributed by atoms with E-state index in [1.165, 1.54) is 24.3 Å². The summed E-state index contributed by atoms with van der Waals surface area (Å²) in [5.41, 5.74) is 1.87. The molecule has 0 fully saturated rings. The van der Waals surface area contributed by atoms with Gasteiger partial charge in [0.2, 0.25) is 0 Å². The van der Waals surface area contributed by atoms with Gasteiger partial charge in [-0.3, -0.25) is 8.37 Å². The highest BCUT2D eigenvalue weighted by atomic mass is 32.2. The van der Waals surface area contributed by atoms with Gasteiger partial charge in [0, 0.05) is 13.1 Å². The van der Waals surface area contributed by atoms with Gasteiger partial charge >= 0.3 is 7.82 Å². The fourth-order valence-electron chi connectivity index (χ4n) is 2.32. The molecule has 202 valence electrons. The van der Waals surface area contributed by atoms with Crippen molar-refractivity contribution in [2.45, 2.75) is 13.8 Å². The topological polar surface area (TPSA) is 153 Å². The molecule has 0 N–H and O–H groups in total. The second kappa shape index (κ2) is 13.5. The fourth-order valence-corrected chi connectivity index (χ4v) is 3.96. The number of hydroxylamine groups is 2. The molecule has 36 heavy (non-hydrogen) atoms. The minimum absolute atomic E-state index is 0.163. The maximum absolute atomic E-state index is 13.3. The molecule has 0 radical (unpaired) electrons. The van der Waals surface area contributed by atoms with Crippen LogP contribution in [0.3, 0.4) is 0 Å². The molecule has 13 nitrogen and oxygen atoms in total. The second-order valence-electron chi connectivity index (χ2n) is 7.45. The fraction of sp³-hybridized carbons (Fsp3) is 0.400. The summed E-state index contributed by atoms with van der Waals surface area (Å²) in [6.07, 6.45) is 1.68. The Morgan fingerprint density at radius 2 is 1.06 bits per heavy atom. The predicted octanol–water partition coefficient (Wildman–Crippen LogP) is 2.92. The van der Waals surface area contributed by atoms with Crippen molar-refractivity contribution in [1.82, 2.24) is 5.06 Å². The van der Waals surface area contributed by atoms with E-state index in [1.807, 2.05) is 13.8 Å². The van der Waals surface area contributed by atoms with Crippen molar-refractivity contribution in [3.8, 4) is 11.5 Å². The van der Waals surface area contributed by atoms with E-state index in [0.29, 0.717) is 0 Å². The van der Waals surface area contributed by atoms with E-state index in [1.54, 1.807) is 24.3 Å². The molecule has 2 aromatic rings. The lowest BCUT2D eigenvalue weighted by atomic mass is 10.2. The Hall–Kier alpha value is -2.07. The molecule has 2 rings (SSSR count). The number of hydrogen-bond donors (Lipinski definition) is 0. The Bertz CT molecular complexity index is 1130. The summed E-state index contributed by atoms with van der Waals surface area (Å²) in [5.74, 6) is 0.325. The van der Waals surface area contributed by atoms with Crippen molar-refractivity contribution in [3.05, 3.63) is 59.7 Å². The van der Waals surface area contributed by atoms with E-state index in [9.17, 15) is 21.4 Å². The number of nitrogens with zero attached hydrogens (tertiary/aromatic N) is 1. The SMILES string of the molecule is Cc1ccc(OOP(=O)(OOc2ccc(C)cc2)ON(CCOS(C)(=O)=O)CCOS(C)(=O)=O)cc1. The van der Waals surface area contributed by atoms with Crippen LogP contribution in [0.4, 0.5) is 0 Å². The van der Waals surface area contributed by atoms with Gasteiger partial charge in [-0.05, 0) is 38.1 Å². The molecule has 0 aromatic heterocycles. The van der Waals surface area contributed by atoms with Crippen LogP contribution in [-0.2, 0) is 47.1 Å². The van der Waals surface area contributed by atoms with Gasteiger partial charge in [-0.2, -0.15) is 26.5 Å². The zero-order chi connectivity index (χ0) is 26.8. The summed E-state index contributed by atoms with van der Waals surface area (Å²) in [7, 11) is -12.3. The van der Waals surface area contributed by atoms with Gasteiger partial charge in [0.15, 0.2) is 11.5 Å². The van der Waals surface area contributed by atoms with Crippen LogP contribution in [0.1, 0.15) is 11.1 Å². The molecule has 0 saturated carbocycles. The van der Waals surface area contributed by atoms with Gasteiger partial charge in [0.05, 0.1) is 25.7 Å². The molecule has 0 unspecified atom stereocenters. The highest BCUT2D eigenvalue weighted by Crippen LogP contribution is 2.50. The minimum atomic E-state index is -4.72. The third-order valence-corrected chi connectivity index (χ3v) is 6.12. The first kappa shape index (κ1) is 30.2. The Balaban J connectivity index is 2.17. The van der Waals surface area contributed by atoms with Gasteiger partial charge in [-0.15, -0.1) is 0 Å². The van der Waals surface area contributed by atoms with Gasteiger partial charge < -0.3 is 9.78 Å². The second-order valence-corrected chi connectivity index (χ2v) is 12.1. The standard InChI is InChI=1S/C20H28NO12PS2/c1-17-5-9-19(10-6-17)29-32-34(22,33-30-20-11-7-18(2)8-12-20)31-21(13-15-27-35(3,23)24)14-16-28-36(4,25)26/h5-12H,13-16H2,1-4H3. The summed E-state index contributed by atoms with van der Waals surface area (Å²) >= 11 is 0. The van der Waals surface area contributed by atoms with Crippen molar-refractivity contribution >= 4 is 28.1 Å². The summed E-state index contributed by atoms with van der Waals surface area (Å²) in [6, 6.07) is 13.0. The Kier molecular flexibility index (Phi) is 11.3. The van der Waals surface area contributed by atoms with Gasteiger partial charge in [-0.1, -0.05) is 44.7 Å². The summed E-state index contributed by atoms with van der Waals surface area (Å²) in [4.78, 5) is 10.2. The van der Waals surface area contributed by atoms with Crippen molar-refractivity contribution in [2.75, 3.05) is 38.8 Å². The predicted molar refractivity (Wildman–Crippen MR) is 128 cm³/mol. The molecule has 0 aliphatic heterocycles. The normalized spacial score (nSPS) is 12.6. The highest BCUT2D eigenvalue weighted by Gasteiger charge is 2.36. The number of hydrogen-bond acceptors (Lipinski definition) is 13. The molecular formula is C20H28NO12PS2. The first-order chi connectivity index (χ1) is 16.7. The van der Waals surface area contributed by atoms with E-state index < -0.39 is 41.3 Å². The maximum atomic E-state index is 13.3. The van der Waals surface area contributed by atoms with Gasteiger partial charge in [0.25, 0.3) is 20.2 Å². The number of phosphoric acid groups is 1. The number of rotatable bonds is 16. The molecular weight excluding hydrogens is 541 g/mol. The number of aryl methyl sites for hydroxylation is 2. The zero-order valence-corrected chi connectivity index (χ0v) is 22.6. The minimum Gasteiger partial charge on any atom is -0.327 e. The van der Waals surface area contributed by atoms with Crippen molar-refractivity contribution in [1.29, 1.82) is 0 Å². The third-order valence-electron chi connectivity index (χ3n) is 3.98. The average Bonchev–Trinajstić information content (AvgIpc) is 2.77. The van der Waals surface area contributed by atoms with Crippen LogP contribution in [0, 0.1) is 13.8 Å². The van der Waals surface area contributed by atoms with E-state index in [0.717, 1.165) is 28.7 Å². The average molecular weight is 570 g/mol. The van der Waals surface area contributed by atoms with Crippen LogP contribution < -0.4 is 9.78 Å². The first-order valence-electron chi connectivity index (χ1n) is 10.3. The molecule has 0 saturated heterocycles. The summed E-state index contributed by atoms with van der Waals surface area (Å²) in [5, 5.41) is 0.869. The van der Waals surface area contributed by atoms with Crippen LogP contribution in [0.2, 0.25) is 0 Å². The molecule has 2 aromatic carbocycles. The highest BCUT2D eigenvalue weighted by molar-refractivity contribution is 7.86. The van der Waals surface area contributed by atoms with Crippen LogP contribution in [0.15, 0.2) is 48.5 Å². The first-order valence-corrected chi connectivity index (χ1v) is 15.4. The Labute approximate surface area is 210 Å². The van der Waals surface area contributed by atoms with E-state index in [2.05, 4.69) is 8.37 Å². The van der Waals surface area contributed by atoms with Gasteiger partial charge in [0.1, 0.15) is 0 Å². The summed E-state index contributed by atoms with van der Waals surface area (Å²) in [6.45, 7) is 2.21. The lowest BCUT2D eigenvalue weighted by Gasteiger charge is -2.24. The third kappa shape index (κ3) is 12.8. The largest absolute Gasteiger partial charge is 0.564 e. The van der Waals surface area contributed by atoms with Crippen LogP contribution in [0.5, 0.6) is 11.5 Å². The van der Waals surface area contributed by atoms with Crippen LogP contribution >= 0.6 is 7.82 Å².